The number of benzene rings is 1. The fourth-order valence-electron chi connectivity index (χ4n) is 3.30. The van der Waals surface area contributed by atoms with Crippen molar-refractivity contribution in [1.82, 2.24) is 10.2 Å². The number of rotatable bonds is 4. The Morgan fingerprint density at radius 1 is 0.963 bits per heavy atom. The number of nitrogens with one attached hydrogen (secondary N) is 1. The summed E-state index contributed by atoms with van der Waals surface area (Å²) in [5.41, 5.74) is 2.37. The standard InChI is InChI=1S/C21H22N4O2/c26-21(19-9-6-14-27-19)22-17-8-5-7-16(15-17)18-10-11-20(24-23-18)25-12-3-1-2-4-13-25/h5-11,14-15H,1-4,12-13H2,(H,22,26). The lowest BCUT2D eigenvalue weighted by atomic mass is 10.1. The molecule has 1 fully saturated rings. The lowest BCUT2D eigenvalue weighted by Crippen LogP contribution is -2.25. The molecule has 1 aliphatic rings. The first-order valence-electron chi connectivity index (χ1n) is 9.33. The number of amides is 1. The van der Waals surface area contributed by atoms with Gasteiger partial charge in [-0.05, 0) is 49.2 Å². The maximum absolute atomic E-state index is 12.1. The average Bonchev–Trinajstić information content (AvgIpc) is 3.11. The van der Waals surface area contributed by atoms with Gasteiger partial charge in [-0.15, -0.1) is 10.2 Å². The van der Waals surface area contributed by atoms with Gasteiger partial charge in [0.2, 0.25) is 0 Å². The highest BCUT2D eigenvalue weighted by Crippen LogP contribution is 2.23. The van der Waals surface area contributed by atoms with Crippen LogP contribution < -0.4 is 10.2 Å². The van der Waals surface area contributed by atoms with Crippen LogP contribution in [0.4, 0.5) is 11.5 Å². The van der Waals surface area contributed by atoms with Gasteiger partial charge in [0.05, 0.1) is 12.0 Å². The third kappa shape index (κ3) is 4.16. The molecule has 27 heavy (non-hydrogen) atoms. The summed E-state index contributed by atoms with van der Waals surface area (Å²) in [6, 6.07) is 14.9. The smallest absolute Gasteiger partial charge is 0.291 e. The second-order valence-electron chi connectivity index (χ2n) is 6.69. The predicted octanol–water partition coefficient (Wildman–Crippen LogP) is 4.37. The van der Waals surface area contributed by atoms with E-state index in [1.807, 2.05) is 36.4 Å². The number of carbonyl (C=O) groups excluding carboxylic acids is 1. The zero-order chi connectivity index (χ0) is 18.5. The largest absolute Gasteiger partial charge is 0.459 e. The first kappa shape index (κ1) is 17.3. The van der Waals surface area contributed by atoms with E-state index in [9.17, 15) is 4.79 Å². The van der Waals surface area contributed by atoms with Gasteiger partial charge in [0, 0.05) is 24.3 Å². The Morgan fingerprint density at radius 3 is 2.52 bits per heavy atom. The van der Waals surface area contributed by atoms with Gasteiger partial charge < -0.3 is 14.6 Å². The molecule has 0 aliphatic carbocycles. The zero-order valence-electron chi connectivity index (χ0n) is 15.1. The molecule has 0 saturated carbocycles. The number of anilines is 2. The van der Waals surface area contributed by atoms with Gasteiger partial charge in [0.15, 0.2) is 11.6 Å². The molecule has 6 nitrogen and oxygen atoms in total. The first-order chi connectivity index (χ1) is 13.3. The SMILES string of the molecule is O=C(Nc1cccc(-c2ccc(N3CCCCCC3)nn2)c1)c1ccco1. The van der Waals surface area contributed by atoms with Crippen LogP contribution >= 0.6 is 0 Å². The fraction of sp³-hybridized carbons (Fsp3) is 0.286. The van der Waals surface area contributed by atoms with Gasteiger partial charge >= 0.3 is 0 Å². The zero-order valence-corrected chi connectivity index (χ0v) is 15.1. The number of nitrogens with zero attached hydrogens (tertiary/aromatic N) is 3. The highest BCUT2D eigenvalue weighted by atomic mass is 16.3. The lowest BCUT2D eigenvalue weighted by molar-refractivity contribution is 0.0996. The Kier molecular flexibility index (Phi) is 5.14. The number of carbonyl (C=O) groups is 1. The van der Waals surface area contributed by atoms with Crippen molar-refractivity contribution in [2.45, 2.75) is 25.7 Å². The lowest BCUT2D eigenvalue weighted by Gasteiger charge is -2.20. The highest BCUT2D eigenvalue weighted by molar-refractivity contribution is 6.02. The molecule has 1 aromatic carbocycles. The van der Waals surface area contributed by atoms with Crippen LogP contribution in [-0.2, 0) is 0 Å². The normalized spacial score (nSPS) is 14.6. The third-order valence-corrected chi connectivity index (χ3v) is 4.74. The average molecular weight is 362 g/mol. The van der Waals surface area contributed by atoms with Crippen molar-refractivity contribution in [2.24, 2.45) is 0 Å². The molecule has 1 aliphatic heterocycles. The van der Waals surface area contributed by atoms with E-state index in [1.165, 1.54) is 31.9 Å². The van der Waals surface area contributed by atoms with Crippen molar-refractivity contribution < 1.29 is 9.21 Å². The minimum absolute atomic E-state index is 0.278. The van der Waals surface area contributed by atoms with Crippen molar-refractivity contribution in [1.29, 1.82) is 0 Å². The molecule has 138 valence electrons. The van der Waals surface area contributed by atoms with Crippen molar-refractivity contribution >= 4 is 17.4 Å². The third-order valence-electron chi connectivity index (χ3n) is 4.74. The van der Waals surface area contributed by atoms with Crippen molar-refractivity contribution in [2.75, 3.05) is 23.3 Å². The Balaban J connectivity index is 1.49. The Morgan fingerprint density at radius 2 is 1.81 bits per heavy atom. The summed E-state index contributed by atoms with van der Waals surface area (Å²) in [4.78, 5) is 14.4. The summed E-state index contributed by atoms with van der Waals surface area (Å²) in [5.74, 6) is 0.935. The second-order valence-corrected chi connectivity index (χ2v) is 6.69. The topological polar surface area (TPSA) is 71.3 Å². The van der Waals surface area contributed by atoms with Crippen molar-refractivity contribution in [3.63, 3.8) is 0 Å². The maximum atomic E-state index is 12.1. The van der Waals surface area contributed by atoms with Gasteiger partial charge in [-0.2, -0.15) is 0 Å². The molecule has 1 saturated heterocycles. The molecule has 0 radical (unpaired) electrons. The molecule has 3 heterocycles. The van der Waals surface area contributed by atoms with E-state index in [1.54, 1.807) is 12.1 Å². The molecule has 6 heteroatoms. The molecule has 0 unspecified atom stereocenters. The molecule has 0 atom stereocenters. The monoisotopic (exact) mass is 362 g/mol. The van der Waals surface area contributed by atoms with Crippen molar-refractivity contribution in [3.05, 3.63) is 60.6 Å². The summed E-state index contributed by atoms with van der Waals surface area (Å²) >= 11 is 0. The Labute approximate surface area is 158 Å². The van der Waals surface area contributed by atoms with Crippen LogP contribution in [0.1, 0.15) is 36.2 Å². The maximum Gasteiger partial charge on any atom is 0.291 e. The van der Waals surface area contributed by atoms with E-state index < -0.39 is 0 Å². The minimum Gasteiger partial charge on any atom is -0.459 e. The van der Waals surface area contributed by atoms with Gasteiger partial charge in [-0.1, -0.05) is 25.0 Å². The van der Waals surface area contributed by atoms with E-state index in [0.29, 0.717) is 5.69 Å². The molecule has 0 bridgehead atoms. The number of aromatic nitrogens is 2. The van der Waals surface area contributed by atoms with Gasteiger partial charge in [-0.3, -0.25) is 4.79 Å². The van der Waals surface area contributed by atoms with Crippen LogP contribution in [-0.4, -0.2) is 29.2 Å². The summed E-state index contributed by atoms with van der Waals surface area (Å²) in [5, 5.41) is 11.7. The molecule has 1 N–H and O–H groups in total. The van der Waals surface area contributed by atoms with Crippen LogP contribution in [0, 0.1) is 0 Å². The van der Waals surface area contributed by atoms with Crippen LogP contribution in [0.3, 0.4) is 0 Å². The molecule has 1 amide bonds. The summed E-state index contributed by atoms with van der Waals surface area (Å²) in [6.45, 7) is 2.09. The van der Waals surface area contributed by atoms with E-state index in [4.69, 9.17) is 4.42 Å². The van der Waals surface area contributed by atoms with E-state index in [2.05, 4.69) is 20.4 Å². The summed E-state index contributed by atoms with van der Waals surface area (Å²) in [6.07, 6.45) is 6.48. The van der Waals surface area contributed by atoms with Crippen molar-refractivity contribution in [3.8, 4) is 11.3 Å². The molecule has 3 aromatic rings. The van der Waals surface area contributed by atoms with E-state index in [0.717, 1.165) is 30.2 Å². The van der Waals surface area contributed by atoms with Crippen LogP contribution in [0.5, 0.6) is 0 Å². The Bertz CT molecular complexity index is 883. The van der Waals surface area contributed by atoms with Gasteiger partial charge in [0.1, 0.15) is 0 Å². The second kappa shape index (κ2) is 8.03. The minimum atomic E-state index is -0.278. The summed E-state index contributed by atoms with van der Waals surface area (Å²) in [7, 11) is 0. The van der Waals surface area contributed by atoms with E-state index >= 15 is 0 Å². The van der Waals surface area contributed by atoms with Gasteiger partial charge in [0.25, 0.3) is 5.91 Å². The fourth-order valence-corrected chi connectivity index (χ4v) is 3.30. The van der Waals surface area contributed by atoms with Crippen LogP contribution in [0.2, 0.25) is 0 Å². The molecule has 0 spiro atoms. The number of hydrogen-bond donors (Lipinski definition) is 1. The molecule has 2 aromatic heterocycles. The number of furan rings is 1. The molecule has 4 rings (SSSR count). The van der Waals surface area contributed by atoms with Crippen LogP contribution in [0.25, 0.3) is 11.3 Å². The quantitative estimate of drug-likeness (QED) is 0.746. The number of hydrogen-bond acceptors (Lipinski definition) is 5. The molecular weight excluding hydrogens is 340 g/mol. The highest BCUT2D eigenvalue weighted by Gasteiger charge is 2.13. The first-order valence-corrected chi connectivity index (χ1v) is 9.33. The molecular formula is C21H22N4O2. The van der Waals surface area contributed by atoms with E-state index in [-0.39, 0.29) is 11.7 Å². The predicted molar refractivity (Wildman–Crippen MR) is 105 cm³/mol. The van der Waals surface area contributed by atoms with Crippen LogP contribution in [0.15, 0.2) is 59.2 Å². The Hall–Kier alpha value is -3.15. The summed E-state index contributed by atoms with van der Waals surface area (Å²) < 4.78 is 5.12. The van der Waals surface area contributed by atoms with Gasteiger partial charge in [-0.25, -0.2) is 0 Å².